The fraction of sp³-hybridized carbons (Fsp3) is 0.667. The van der Waals surface area contributed by atoms with Crippen LogP contribution < -0.4 is 5.32 Å². The second kappa shape index (κ2) is 5.46. The molecule has 1 fully saturated rings. The van der Waals surface area contributed by atoms with Crippen LogP contribution in [0.4, 0.5) is 0 Å². The number of nitrogens with one attached hydrogen (secondary N) is 1. The first-order valence-corrected chi connectivity index (χ1v) is 7.46. The Morgan fingerprint density at radius 3 is 2.93 bits per heavy atom. The highest BCUT2D eigenvalue weighted by Crippen LogP contribution is 2.39. The summed E-state index contributed by atoms with van der Waals surface area (Å²) in [5, 5.41) is 5.83. The monoisotopic (exact) mass is 287 g/mol. The first-order chi connectivity index (χ1) is 7.33. The smallest absolute Gasteiger partial charge is 0.0317 e. The summed E-state index contributed by atoms with van der Waals surface area (Å²) in [6.07, 6.45) is 5.45. The zero-order valence-corrected chi connectivity index (χ0v) is 11.5. The van der Waals surface area contributed by atoms with E-state index in [4.69, 9.17) is 0 Å². The van der Waals surface area contributed by atoms with Gasteiger partial charge in [-0.3, -0.25) is 0 Å². The number of halogens is 1. The van der Waals surface area contributed by atoms with Crippen molar-refractivity contribution in [3.8, 4) is 0 Å². The molecule has 0 amide bonds. The van der Waals surface area contributed by atoms with Crippen LogP contribution in [0.2, 0.25) is 0 Å². The number of hydrogen-bond donors (Lipinski definition) is 1. The minimum absolute atomic E-state index is 0.693. The Hall–Kier alpha value is 0.140. The van der Waals surface area contributed by atoms with E-state index in [9.17, 15) is 0 Å². The van der Waals surface area contributed by atoms with E-state index in [2.05, 4.69) is 39.6 Å². The molecule has 1 saturated carbocycles. The van der Waals surface area contributed by atoms with Crippen LogP contribution in [-0.4, -0.2) is 12.6 Å². The second-order valence-electron chi connectivity index (χ2n) is 4.19. The van der Waals surface area contributed by atoms with E-state index in [0.717, 1.165) is 12.5 Å². The van der Waals surface area contributed by atoms with Gasteiger partial charge in [-0.25, -0.2) is 0 Å². The summed E-state index contributed by atoms with van der Waals surface area (Å²) < 4.78 is 1.31. The molecule has 0 aromatic carbocycles. The summed E-state index contributed by atoms with van der Waals surface area (Å²) in [5.74, 6) is 0.730. The van der Waals surface area contributed by atoms with Gasteiger partial charge >= 0.3 is 0 Å². The fourth-order valence-corrected chi connectivity index (χ4v) is 4.39. The van der Waals surface area contributed by atoms with E-state index < -0.39 is 0 Å². The van der Waals surface area contributed by atoms with Gasteiger partial charge < -0.3 is 5.32 Å². The Bertz CT molecular complexity index is 308. The molecule has 3 heteroatoms. The van der Waals surface area contributed by atoms with Crippen LogP contribution in [0.1, 0.15) is 43.4 Å². The molecule has 0 saturated heterocycles. The van der Waals surface area contributed by atoms with Crippen LogP contribution >= 0.6 is 27.3 Å². The molecule has 0 bridgehead atoms. The molecule has 1 aromatic heterocycles. The van der Waals surface area contributed by atoms with E-state index in [1.807, 2.05) is 11.3 Å². The van der Waals surface area contributed by atoms with E-state index in [1.54, 1.807) is 4.88 Å². The highest BCUT2D eigenvalue weighted by atomic mass is 79.9. The molecular weight excluding hydrogens is 270 g/mol. The van der Waals surface area contributed by atoms with Gasteiger partial charge in [-0.2, -0.15) is 0 Å². The zero-order chi connectivity index (χ0) is 10.7. The van der Waals surface area contributed by atoms with Gasteiger partial charge in [0.2, 0.25) is 0 Å². The van der Waals surface area contributed by atoms with Crippen LogP contribution in [0.15, 0.2) is 15.9 Å². The first kappa shape index (κ1) is 11.6. The van der Waals surface area contributed by atoms with Crippen molar-refractivity contribution >= 4 is 27.3 Å². The summed E-state index contributed by atoms with van der Waals surface area (Å²) in [5.41, 5.74) is 0. The van der Waals surface area contributed by atoms with Gasteiger partial charge in [0.25, 0.3) is 0 Å². The summed E-state index contributed by atoms with van der Waals surface area (Å²) in [4.78, 5) is 1.54. The molecule has 1 aliphatic rings. The van der Waals surface area contributed by atoms with Crippen LogP contribution in [0.25, 0.3) is 0 Å². The second-order valence-corrected chi connectivity index (χ2v) is 5.99. The minimum Gasteiger partial charge on any atom is -0.314 e. The number of thiophene rings is 1. The normalized spacial score (nSPS) is 26.8. The molecule has 84 valence electrons. The van der Waals surface area contributed by atoms with Crippen molar-refractivity contribution in [2.45, 2.75) is 44.6 Å². The molecule has 1 nitrogen and oxygen atoms in total. The summed E-state index contributed by atoms with van der Waals surface area (Å²) in [6, 6.07) is 2.87. The molecule has 0 spiro atoms. The Labute approximate surface area is 104 Å². The molecule has 1 aromatic rings. The molecule has 1 aliphatic carbocycles. The maximum atomic E-state index is 3.66. The molecule has 2 unspecified atom stereocenters. The molecular formula is C12H18BrNS. The lowest BCUT2D eigenvalue weighted by Gasteiger charge is -2.31. The van der Waals surface area contributed by atoms with E-state index in [0.29, 0.717) is 6.04 Å². The fourth-order valence-electron chi connectivity index (χ4n) is 2.52. The van der Waals surface area contributed by atoms with Gasteiger partial charge in [0.05, 0.1) is 0 Å². The van der Waals surface area contributed by atoms with Crippen LogP contribution in [0, 0.1) is 0 Å². The molecule has 2 atom stereocenters. The molecule has 15 heavy (non-hydrogen) atoms. The van der Waals surface area contributed by atoms with Crippen LogP contribution in [0.5, 0.6) is 0 Å². The standard InChI is InChI=1S/C12H18BrNS/c1-2-14-11-6-4-3-5-9(11)12-10(13)7-8-15-12/h7-9,11,14H,2-6H2,1H3. The predicted octanol–water partition coefficient (Wildman–Crippen LogP) is 4.15. The molecule has 0 aliphatic heterocycles. The summed E-state index contributed by atoms with van der Waals surface area (Å²) >= 11 is 5.56. The number of rotatable bonds is 3. The third kappa shape index (κ3) is 2.63. The lowest BCUT2D eigenvalue weighted by atomic mass is 9.83. The third-order valence-corrected chi connectivity index (χ3v) is 5.22. The van der Waals surface area contributed by atoms with Gasteiger partial charge in [0.15, 0.2) is 0 Å². The highest BCUT2D eigenvalue weighted by molar-refractivity contribution is 9.10. The number of likely N-dealkylation sites (N-methyl/N-ethyl adjacent to an activating group) is 1. The zero-order valence-electron chi connectivity index (χ0n) is 9.13. The topological polar surface area (TPSA) is 12.0 Å². The summed E-state index contributed by atoms with van der Waals surface area (Å²) in [6.45, 7) is 3.29. The lowest BCUT2D eigenvalue weighted by Crippen LogP contribution is -2.36. The SMILES string of the molecule is CCNC1CCCCC1c1sccc1Br. The molecule has 2 rings (SSSR count). The van der Waals surface area contributed by atoms with Crippen LogP contribution in [-0.2, 0) is 0 Å². The first-order valence-electron chi connectivity index (χ1n) is 5.79. The largest absolute Gasteiger partial charge is 0.314 e. The third-order valence-electron chi connectivity index (χ3n) is 3.21. The van der Waals surface area contributed by atoms with Crippen molar-refractivity contribution in [2.24, 2.45) is 0 Å². The molecule has 0 radical (unpaired) electrons. The van der Waals surface area contributed by atoms with E-state index >= 15 is 0 Å². The Morgan fingerprint density at radius 1 is 1.47 bits per heavy atom. The lowest BCUT2D eigenvalue weighted by molar-refractivity contribution is 0.335. The van der Waals surface area contributed by atoms with Crippen LogP contribution in [0.3, 0.4) is 0 Å². The average molecular weight is 288 g/mol. The predicted molar refractivity (Wildman–Crippen MR) is 70.7 cm³/mol. The summed E-state index contributed by atoms with van der Waals surface area (Å²) in [7, 11) is 0. The Morgan fingerprint density at radius 2 is 2.27 bits per heavy atom. The average Bonchev–Trinajstić information content (AvgIpc) is 2.66. The van der Waals surface area contributed by atoms with Crippen molar-refractivity contribution < 1.29 is 0 Å². The van der Waals surface area contributed by atoms with E-state index in [1.165, 1.54) is 30.2 Å². The molecule has 1 N–H and O–H groups in total. The van der Waals surface area contributed by atoms with Gasteiger partial charge in [0, 0.05) is 21.3 Å². The van der Waals surface area contributed by atoms with Gasteiger partial charge in [-0.1, -0.05) is 19.8 Å². The van der Waals surface area contributed by atoms with Crippen molar-refractivity contribution in [3.05, 3.63) is 20.8 Å². The highest BCUT2D eigenvalue weighted by Gasteiger charge is 2.27. The van der Waals surface area contributed by atoms with Gasteiger partial charge in [0.1, 0.15) is 0 Å². The maximum absolute atomic E-state index is 3.66. The van der Waals surface area contributed by atoms with Gasteiger partial charge in [-0.05, 0) is 46.8 Å². The van der Waals surface area contributed by atoms with Gasteiger partial charge in [-0.15, -0.1) is 11.3 Å². The van der Waals surface area contributed by atoms with Crippen molar-refractivity contribution in [1.29, 1.82) is 0 Å². The maximum Gasteiger partial charge on any atom is 0.0317 e. The van der Waals surface area contributed by atoms with Crippen molar-refractivity contribution in [2.75, 3.05) is 6.54 Å². The van der Waals surface area contributed by atoms with Crippen molar-refractivity contribution in [3.63, 3.8) is 0 Å². The Balaban J connectivity index is 2.14. The quantitative estimate of drug-likeness (QED) is 0.881. The van der Waals surface area contributed by atoms with Crippen molar-refractivity contribution in [1.82, 2.24) is 5.32 Å². The van der Waals surface area contributed by atoms with E-state index in [-0.39, 0.29) is 0 Å². The minimum atomic E-state index is 0.693. The molecule has 1 heterocycles. The number of hydrogen-bond acceptors (Lipinski definition) is 2. The Kier molecular flexibility index (Phi) is 4.23.